The molecule has 2 saturated heterocycles. The van der Waals surface area contributed by atoms with E-state index in [1.54, 1.807) is 0 Å². The number of fused-ring (bicyclic) bond motifs is 1. The number of hydrogen-bond acceptors (Lipinski definition) is 8. The van der Waals surface area contributed by atoms with Gasteiger partial charge in [0.05, 0.1) is 24.7 Å². The van der Waals surface area contributed by atoms with Crippen LogP contribution < -0.4 is 4.90 Å². The van der Waals surface area contributed by atoms with Crippen molar-refractivity contribution in [3.63, 3.8) is 0 Å². The van der Waals surface area contributed by atoms with Crippen molar-refractivity contribution in [2.75, 3.05) is 56.3 Å². The first-order valence-electron chi connectivity index (χ1n) is 9.82. The van der Waals surface area contributed by atoms with Gasteiger partial charge in [0.2, 0.25) is 5.28 Å². The van der Waals surface area contributed by atoms with Crippen molar-refractivity contribution in [2.24, 2.45) is 7.05 Å². The van der Waals surface area contributed by atoms with Crippen LogP contribution >= 0.6 is 11.6 Å². The molecule has 9 nitrogen and oxygen atoms in total. The van der Waals surface area contributed by atoms with Gasteiger partial charge in [-0.1, -0.05) is 0 Å². The quantitative estimate of drug-likeness (QED) is 0.630. The molecule has 0 aliphatic carbocycles. The van der Waals surface area contributed by atoms with Gasteiger partial charge in [-0.25, -0.2) is 13.4 Å². The predicted molar refractivity (Wildman–Crippen MR) is 112 cm³/mol. The number of rotatable bonds is 5. The molecule has 1 unspecified atom stereocenters. The highest BCUT2D eigenvalue weighted by molar-refractivity contribution is 7.91. The van der Waals surface area contributed by atoms with Crippen LogP contribution in [0.5, 0.6) is 0 Å². The van der Waals surface area contributed by atoms with Crippen molar-refractivity contribution in [1.82, 2.24) is 24.4 Å². The summed E-state index contributed by atoms with van der Waals surface area (Å²) in [6, 6.07) is 0. The SMILES string of the molecule is CN(CCc1nc2c(N3CCOCC3)nc(Cl)nc2n1C)C1(C)CCS(=O)(=O)C1. The lowest BCUT2D eigenvalue weighted by molar-refractivity contribution is 0.122. The maximum Gasteiger partial charge on any atom is 0.226 e. The summed E-state index contributed by atoms with van der Waals surface area (Å²) in [4.78, 5) is 17.9. The lowest BCUT2D eigenvalue weighted by atomic mass is 10.00. The van der Waals surface area contributed by atoms with Crippen molar-refractivity contribution in [3.8, 4) is 0 Å². The third-order valence-electron chi connectivity index (χ3n) is 6.15. The van der Waals surface area contributed by atoms with Crippen LogP contribution in [-0.2, 0) is 28.0 Å². The molecule has 2 fully saturated rings. The van der Waals surface area contributed by atoms with Crippen LogP contribution in [0.25, 0.3) is 11.2 Å². The van der Waals surface area contributed by atoms with Crippen LogP contribution in [-0.4, -0.2) is 89.8 Å². The number of aromatic nitrogens is 4. The van der Waals surface area contributed by atoms with E-state index in [0.717, 1.165) is 30.2 Å². The molecule has 0 radical (unpaired) electrons. The number of nitrogens with zero attached hydrogens (tertiary/aromatic N) is 6. The molecule has 4 heterocycles. The van der Waals surface area contributed by atoms with Gasteiger partial charge in [0.1, 0.15) is 5.82 Å². The summed E-state index contributed by atoms with van der Waals surface area (Å²) in [7, 11) is 0.970. The van der Waals surface area contributed by atoms with E-state index in [9.17, 15) is 8.42 Å². The molecule has 0 bridgehead atoms. The van der Waals surface area contributed by atoms with Gasteiger partial charge in [-0.05, 0) is 32.0 Å². The van der Waals surface area contributed by atoms with Crippen molar-refractivity contribution in [2.45, 2.75) is 25.3 Å². The van der Waals surface area contributed by atoms with Gasteiger partial charge in [0.25, 0.3) is 0 Å². The summed E-state index contributed by atoms with van der Waals surface area (Å²) in [5, 5.41) is 0.203. The maximum atomic E-state index is 11.9. The Morgan fingerprint density at radius 1 is 1.24 bits per heavy atom. The maximum absolute atomic E-state index is 11.9. The third-order valence-corrected chi connectivity index (χ3v) is 8.21. The van der Waals surface area contributed by atoms with Gasteiger partial charge in [-0.2, -0.15) is 9.97 Å². The number of anilines is 1. The molecule has 0 spiro atoms. The van der Waals surface area contributed by atoms with E-state index >= 15 is 0 Å². The summed E-state index contributed by atoms with van der Waals surface area (Å²) in [6.45, 7) is 5.50. The minimum absolute atomic E-state index is 0.203. The Balaban J connectivity index is 1.57. The second-order valence-electron chi connectivity index (χ2n) is 8.19. The van der Waals surface area contributed by atoms with Crippen LogP contribution in [0.3, 0.4) is 0 Å². The van der Waals surface area contributed by atoms with Gasteiger partial charge in [0.15, 0.2) is 26.8 Å². The van der Waals surface area contributed by atoms with Gasteiger partial charge in [0, 0.05) is 38.6 Å². The highest BCUT2D eigenvalue weighted by atomic mass is 35.5. The Morgan fingerprint density at radius 3 is 2.62 bits per heavy atom. The smallest absolute Gasteiger partial charge is 0.226 e. The summed E-state index contributed by atoms with van der Waals surface area (Å²) < 4.78 is 31.3. The first kappa shape index (κ1) is 20.8. The van der Waals surface area contributed by atoms with Crippen molar-refractivity contribution < 1.29 is 13.2 Å². The topological polar surface area (TPSA) is 93.5 Å². The number of likely N-dealkylation sites (N-methyl/N-ethyl adjacent to an activating group) is 1. The number of sulfone groups is 1. The van der Waals surface area contributed by atoms with Gasteiger partial charge < -0.3 is 14.2 Å². The first-order chi connectivity index (χ1) is 13.7. The molecule has 2 aliphatic rings. The first-order valence-corrected chi connectivity index (χ1v) is 12.0. The van der Waals surface area contributed by atoms with Crippen LogP contribution in [0.15, 0.2) is 0 Å². The lowest BCUT2D eigenvalue weighted by Crippen LogP contribution is -2.45. The minimum Gasteiger partial charge on any atom is -0.378 e. The molecule has 11 heteroatoms. The summed E-state index contributed by atoms with van der Waals surface area (Å²) in [5.41, 5.74) is 1.12. The molecule has 2 aromatic rings. The fourth-order valence-corrected chi connectivity index (χ4v) is 6.48. The van der Waals surface area contributed by atoms with Crippen LogP contribution in [0.4, 0.5) is 5.82 Å². The molecule has 4 rings (SSSR count). The molecule has 2 aliphatic heterocycles. The molecular formula is C18H27ClN6O3S. The Labute approximate surface area is 175 Å². The molecule has 0 saturated carbocycles. The van der Waals surface area contributed by atoms with Crippen molar-refractivity contribution in [1.29, 1.82) is 0 Å². The standard InChI is InChI=1S/C18H27ClN6O3S/c1-18(5-11-29(26,27)12-18)23(2)6-4-13-20-14-15(24(13)3)21-17(19)22-16(14)25-7-9-28-10-8-25/h4-12H2,1-3H3. The molecule has 1 atom stereocenters. The largest absolute Gasteiger partial charge is 0.378 e. The monoisotopic (exact) mass is 442 g/mol. The zero-order valence-corrected chi connectivity index (χ0v) is 18.6. The average Bonchev–Trinajstić information content (AvgIpc) is 3.16. The Morgan fingerprint density at radius 2 is 1.97 bits per heavy atom. The fraction of sp³-hybridized carbons (Fsp3) is 0.722. The van der Waals surface area contributed by atoms with Crippen molar-refractivity contribution >= 4 is 38.4 Å². The van der Waals surface area contributed by atoms with Crippen LogP contribution in [0.1, 0.15) is 19.2 Å². The third kappa shape index (κ3) is 4.08. The number of morpholine rings is 1. The van der Waals surface area contributed by atoms with E-state index in [2.05, 4.69) is 19.8 Å². The molecule has 0 amide bonds. The van der Waals surface area contributed by atoms with Gasteiger partial charge in [-0.3, -0.25) is 4.90 Å². The zero-order valence-electron chi connectivity index (χ0n) is 17.1. The van der Waals surface area contributed by atoms with Crippen molar-refractivity contribution in [3.05, 3.63) is 11.1 Å². The van der Waals surface area contributed by atoms with E-state index < -0.39 is 9.84 Å². The minimum atomic E-state index is -2.94. The van der Waals surface area contributed by atoms with E-state index in [0.29, 0.717) is 38.2 Å². The summed E-state index contributed by atoms with van der Waals surface area (Å²) in [5.74, 6) is 2.09. The van der Waals surface area contributed by atoms with E-state index in [1.807, 2.05) is 25.6 Å². The van der Waals surface area contributed by atoms with E-state index in [4.69, 9.17) is 21.3 Å². The second kappa shape index (κ2) is 7.64. The number of aryl methyl sites for hydroxylation is 1. The second-order valence-corrected chi connectivity index (χ2v) is 10.7. The molecule has 0 aromatic carbocycles. The number of hydrogen-bond donors (Lipinski definition) is 0. The molecule has 0 N–H and O–H groups in total. The number of halogens is 1. The number of ether oxygens (including phenoxy) is 1. The summed E-state index contributed by atoms with van der Waals surface area (Å²) in [6.07, 6.45) is 1.34. The molecular weight excluding hydrogens is 416 g/mol. The molecule has 2 aromatic heterocycles. The highest BCUT2D eigenvalue weighted by Crippen LogP contribution is 2.29. The Hall–Kier alpha value is -1.49. The Kier molecular flexibility index (Phi) is 5.47. The Bertz CT molecular complexity index is 1020. The van der Waals surface area contributed by atoms with E-state index in [-0.39, 0.29) is 22.3 Å². The van der Waals surface area contributed by atoms with Gasteiger partial charge in [-0.15, -0.1) is 0 Å². The normalized spacial score (nSPS) is 24.7. The lowest BCUT2D eigenvalue weighted by Gasteiger charge is -2.34. The fourth-order valence-electron chi connectivity index (χ4n) is 4.12. The number of imidazole rings is 1. The predicted octanol–water partition coefficient (Wildman–Crippen LogP) is 0.905. The highest BCUT2D eigenvalue weighted by Gasteiger charge is 2.41. The average molecular weight is 443 g/mol. The molecule has 29 heavy (non-hydrogen) atoms. The summed E-state index contributed by atoms with van der Waals surface area (Å²) >= 11 is 6.20. The van der Waals surface area contributed by atoms with Crippen LogP contribution in [0, 0.1) is 0 Å². The molecule has 160 valence electrons. The van der Waals surface area contributed by atoms with Crippen LogP contribution in [0.2, 0.25) is 5.28 Å². The van der Waals surface area contributed by atoms with E-state index in [1.165, 1.54) is 0 Å². The zero-order chi connectivity index (χ0) is 20.8. The van der Waals surface area contributed by atoms with Gasteiger partial charge >= 0.3 is 0 Å².